The standard InChI is InChI=1S/C10H8N2OS/c13-14(9-5-2-1-3-6-9)10-11-7-4-8-12-10/h1-8H. The molecule has 0 bridgehead atoms. The summed E-state index contributed by atoms with van der Waals surface area (Å²) in [6, 6.07) is 10.9. The van der Waals surface area contributed by atoms with Crippen LogP contribution in [0.5, 0.6) is 0 Å². The van der Waals surface area contributed by atoms with Crippen molar-refractivity contribution in [1.29, 1.82) is 0 Å². The fourth-order valence-corrected chi connectivity index (χ4v) is 1.96. The summed E-state index contributed by atoms with van der Waals surface area (Å²) in [6.45, 7) is 0. The number of hydrogen-bond donors (Lipinski definition) is 0. The van der Waals surface area contributed by atoms with Crippen LogP contribution in [-0.4, -0.2) is 14.2 Å². The van der Waals surface area contributed by atoms with E-state index >= 15 is 0 Å². The molecule has 3 nitrogen and oxygen atoms in total. The molecule has 70 valence electrons. The monoisotopic (exact) mass is 204 g/mol. The van der Waals surface area contributed by atoms with E-state index in [1.54, 1.807) is 30.6 Å². The molecular weight excluding hydrogens is 196 g/mol. The van der Waals surface area contributed by atoms with Gasteiger partial charge < -0.3 is 0 Å². The van der Waals surface area contributed by atoms with Gasteiger partial charge in [0, 0.05) is 17.3 Å². The van der Waals surface area contributed by atoms with Crippen molar-refractivity contribution < 1.29 is 4.21 Å². The summed E-state index contributed by atoms with van der Waals surface area (Å²) in [5.74, 6) is 0. The molecule has 4 heteroatoms. The largest absolute Gasteiger partial charge is 0.246 e. The minimum atomic E-state index is -1.27. The van der Waals surface area contributed by atoms with E-state index in [9.17, 15) is 4.21 Å². The van der Waals surface area contributed by atoms with Gasteiger partial charge in [-0.1, -0.05) is 18.2 Å². The molecule has 0 saturated heterocycles. The highest BCUT2D eigenvalue weighted by atomic mass is 32.2. The van der Waals surface area contributed by atoms with Crippen LogP contribution in [0.2, 0.25) is 0 Å². The molecule has 0 aliphatic heterocycles. The quantitative estimate of drug-likeness (QED) is 0.698. The summed E-state index contributed by atoms with van der Waals surface area (Å²) in [5, 5.41) is 0.346. The van der Waals surface area contributed by atoms with E-state index in [1.165, 1.54) is 0 Å². The second kappa shape index (κ2) is 4.11. The third-order valence-corrected chi connectivity index (χ3v) is 2.91. The number of aromatic nitrogens is 2. The first-order valence-electron chi connectivity index (χ1n) is 4.12. The second-order valence-electron chi connectivity index (χ2n) is 2.61. The van der Waals surface area contributed by atoms with Gasteiger partial charge in [-0.25, -0.2) is 14.2 Å². The Balaban J connectivity index is 2.35. The molecular formula is C10H8N2OS. The van der Waals surface area contributed by atoms with Crippen molar-refractivity contribution in [2.75, 3.05) is 0 Å². The highest BCUT2D eigenvalue weighted by molar-refractivity contribution is 7.84. The highest BCUT2D eigenvalue weighted by Crippen LogP contribution is 2.10. The molecule has 2 aromatic rings. The SMILES string of the molecule is O=S(c1ccccc1)c1ncccn1. The number of rotatable bonds is 2. The van der Waals surface area contributed by atoms with Crippen LogP contribution in [0, 0.1) is 0 Å². The molecule has 1 aromatic carbocycles. The lowest BCUT2D eigenvalue weighted by molar-refractivity contribution is 0.675. The van der Waals surface area contributed by atoms with Crippen LogP contribution in [-0.2, 0) is 10.8 Å². The van der Waals surface area contributed by atoms with Crippen LogP contribution in [0.4, 0.5) is 0 Å². The van der Waals surface area contributed by atoms with Gasteiger partial charge >= 0.3 is 0 Å². The van der Waals surface area contributed by atoms with Gasteiger partial charge in [0.15, 0.2) is 0 Å². The van der Waals surface area contributed by atoms with Crippen molar-refractivity contribution in [3.63, 3.8) is 0 Å². The number of nitrogens with zero attached hydrogens (tertiary/aromatic N) is 2. The Morgan fingerprint density at radius 2 is 1.57 bits per heavy atom. The third kappa shape index (κ3) is 1.85. The summed E-state index contributed by atoms with van der Waals surface area (Å²) < 4.78 is 11.8. The van der Waals surface area contributed by atoms with Crippen molar-refractivity contribution in [3.8, 4) is 0 Å². The molecule has 0 N–H and O–H groups in total. The number of benzene rings is 1. The molecule has 0 radical (unpaired) electrons. The molecule has 0 saturated carbocycles. The minimum absolute atomic E-state index is 0.346. The van der Waals surface area contributed by atoms with Crippen LogP contribution in [0.15, 0.2) is 58.8 Å². The van der Waals surface area contributed by atoms with Crippen LogP contribution in [0.1, 0.15) is 0 Å². The first-order chi connectivity index (χ1) is 6.88. The van der Waals surface area contributed by atoms with E-state index in [4.69, 9.17) is 0 Å². The predicted octanol–water partition coefficient (Wildman–Crippen LogP) is 1.64. The van der Waals surface area contributed by atoms with Crippen molar-refractivity contribution in [2.24, 2.45) is 0 Å². The second-order valence-corrected chi connectivity index (χ2v) is 3.99. The Kier molecular flexibility index (Phi) is 2.65. The lowest BCUT2D eigenvalue weighted by Crippen LogP contribution is -1.97. The molecule has 0 spiro atoms. The molecule has 2 rings (SSSR count). The Morgan fingerprint density at radius 1 is 0.929 bits per heavy atom. The first-order valence-corrected chi connectivity index (χ1v) is 5.27. The van der Waals surface area contributed by atoms with Gasteiger partial charge in [-0.05, 0) is 18.2 Å². The van der Waals surface area contributed by atoms with Crippen LogP contribution in [0.25, 0.3) is 0 Å². The molecule has 1 atom stereocenters. The zero-order valence-corrected chi connectivity index (χ0v) is 8.15. The molecule has 1 unspecified atom stereocenters. The van der Waals surface area contributed by atoms with E-state index in [0.29, 0.717) is 5.16 Å². The molecule has 0 fully saturated rings. The number of hydrogen-bond acceptors (Lipinski definition) is 3. The summed E-state index contributed by atoms with van der Waals surface area (Å²) in [6.07, 6.45) is 3.17. The van der Waals surface area contributed by atoms with Crippen molar-refractivity contribution in [2.45, 2.75) is 10.1 Å². The maximum Gasteiger partial charge on any atom is 0.223 e. The summed E-state index contributed by atoms with van der Waals surface area (Å²) >= 11 is 0. The van der Waals surface area contributed by atoms with Gasteiger partial charge in [0.2, 0.25) is 5.16 Å². The topological polar surface area (TPSA) is 42.9 Å². The van der Waals surface area contributed by atoms with Crippen LogP contribution in [0.3, 0.4) is 0 Å². The average Bonchev–Trinajstić information content (AvgIpc) is 2.30. The van der Waals surface area contributed by atoms with E-state index < -0.39 is 10.8 Å². The molecule has 14 heavy (non-hydrogen) atoms. The molecule has 0 aliphatic rings. The predicted molar refractivity (Wildman–Crippen MR) is 53.1 cm³/mol. The molecule has 1 heterocycles. The Hall–Kier alpha value is -1.55. The van der Waals surface area contributed by atoms with Gasteiger partial charge in [-0.15, -0.1) is 0 Å². The van der Waals surface area contributed by atoms with Gasteiger partial charge in [0.05, 0.1) is 0 Å². The fraction of sp³-hybridized carbons (Fsp3) is 0. The van der Waals surface area contributed by atoms with E-state index in [2.05, 4.69) is 9.97 Å². The summed E-state index contributed by atoms with van der Waals surface area (Å²) in [7, 11) is -1.27. The van der Waals surface area contributed by atoms with Crippen LogP contribution >= 0.6 is 0 Å². The molecule has 0 aliphatic carbocycles. The summed E-state index contributed by atoms with van der Waals surface area (Å²) in [5.41, 5.74) is 0. The van der Waals surface area contributed by atoms with Gasteiger partial charge in [-0.2, -0.15) is 0 Å². The highest BCUT2D eigenvalue weighted by Gasteiger charge is 2.07. The maximum atomic E-state index is 11.8. The molecule has 0 amide bonds. The van der Waals surface area contributed by atoms with Gasteiger partial charge in [0.25, 0.3) is 0 Å². The Bertz CT molecular complexity index is 389. The fourth-order valence-electron chi connectivity index (χ4n) is 1.03. The van der Waals surface area contributed by atoms with E-state index in [0.717, 1.165) is 4.90 Å². The van der Waals surface area contributed by atoms with Crippen molar-refractivity contribution in [1.82, 2.24) is 9.97 Å². The zero-order valence-electron chi connectivity index (χ0n) is 7.33. The Morgan fingerprint density at radius 3 is 2.21 bits per heavy atom. The van der Waals surface area contributed by atoms with Gasteiger partial charge in [-0.3, -0.25) is 0 Å². The van der Waals surface area contributed by atoms with Crippen molar-refractivity contribution in [3.05, 3.63) is 48.8 Å². The zero-order chi connectivity index (χ0) is 9.80. The maximum absolute atomic E-state index is 11.8. The smallest absolute Gasteiger partial charge is 0.223 e. The lowest BCUT2D eigenvalue weighted by atomic mass is 10.4. The third-order valence-electron chi connectivity index (χ3n) is 1.67. The summed E-state index contributed by atoms with van der Waals surface area (Å²) in [4.78, 5) is 8.61. The van der Waals surface area contributed by atoms with E-state index in [1.807, 2.05) is 18.2 Å². The minimum Gasteiger partial charge on any atom is -0.246 e. The molecule has 1 aromatic heterocycles. The van der Waals surface area contributed by atoms with Crippen LogP contribution < -0.4 is 0 Å². The Labute approximate surface area is 84.3 Å². The normalized spacial score (nSPS) is 12.3. The van der Waals surface area contributed by atoms with Crippen molar-refractivity contribution >= 4 is 10.8 Å². The van der Waals surface area contributed by atoms with E-state index in [-0.39, 0.29) is 0 Å². The van der Waals surface area contributed by atoms with Gasteiger partial charge in [0.1, 0.15) is 10.8 Å². The lowest BCUT2D eigenvalue weighted by Gasteiger charge is -1.98. The average molecular weight is 204 g/mol. The first kappa shape index (κ1) is 9.02.